The van der Waals surface area contributed by atoms with E-state index in [0.29, 0.717) is 23.7 Å². The molecule has 1 heterocycles. The first-order chi connectivity index (χ1) is 13.4. The fraction of sp³-hybridized carbons (Fsp3) is 0.348. The highest BCUT2D eigenvalue weighted by Crippen LogP contribution is 2.33. The molecule has 1 saturated heterocycles. The Hall–Kier alpha value is -2.95. The molecule has 0 radical (unpaired) electrons. The smallest absolute Gasteiger partial charge is 0.229 e. The predicted octanol–water partition coefficient (Wildman–Crippen LogP) is 4.39. The van der Waals surface area contributed by atoms with Crippen LogP contribution in [-0.4, -0.2) is 24.1 Å². The van der Waals surface area contributed by atoms with E-state index in [0.717, 1.165) is 17.7 Å². The molecule has 0 bridgehead atoms. The monoisotopic (exact) mass is 378 g/mol. The lowest BCUT2D eigenvalue weighted by atomic mass is 9.96. The summed E-state index contributed by atoms with van der Waals surface area (Å²) in [5.74, 6) is -0.365. The van der Waals surface area contributed by atoms with E-state index in [2.05, 4.69) is 25.2 Å². The molecular weight excluding hydrogens is 352 g/mol. The second-order valence-corrected chi connectivity index (χ2v) is 7.40. The Morgan fingerprint density at radius 2 is 1.93 bits per heavy atom. The van der Waals surface area contributed by atoms with Crippen molar-refractivity contribution in [3.63, 3.8) is 0 Å². The number of amides is 2. The largest absolute Gasteiger partial charge is 0.326 e. The number of carbonyl (C=O) groups is 3. The summed E-state index contributed by atoms with van der Waals surface area (Å²) in [6.07, 6.45) is 1.17. The van der Waals surface area contributed by atoms with Gasteiger partial charge in [0.1, 0.15) is 0 Å². The molecule has 1 aliphatic heterocycles. The zero-order valence-electron chi connectivity index (χ0n) is 16.6. The van der Waals surface area contributed by atoms with Gasteiger partial charge in [0.15, 0.2) is 5.78 Å². The number of nitrogens with one attached hydrogen (secondary N) is 1. The number of nitrogens with zero attached hydrogens (tertiary/aromatic N) is 1. The highest BCUT2D eigenvalue weighted by molar-refractivity contribution is 6.04. The Morgan fingerprint density at radius 3 is 2.64 bits per heavy atom. The maximum absolute atomic E-state index is 12.7. The van der Waals surface area contributed by atoms with Crippen LogP contribution in [0.2, 0.25) is 0 Å². The molecule has 0 saturated carbocycles. The van der Waals surface area contributed by atoms with E-state index in [1.165, 1.54) is 6.92 Å². The first-order valence-electron chi connectivity index (χ1n) is 9.71. The third kappa shape index (κ3) is 4.14. The lowest BCUT2D eigenvalue weighted by Gasteiger charge is -2.23. The molecule has 2 unspecified atom stereocenters. The van der Waals surface area contributed by atoms with Gasteiger partial charge in [0.05, 0.1) is 5.92 Å². The maximum atomic E-state index is 12.7. The van der Waals surface area contributed by atoms with Gasteiger partial charge in [0.25, 0.3) is 0 Å². The van der Waals surface area contributed by atoms with Crippen LogP contribution < -0.4 is 10.2 Å². The van der Waals surface area contributed by atoms with E-state index in [4.69, 9.17) is 0 Å². The molecule has 2 aromatic carbocycles. The Labute approximate surface area is 165 Å². The minimum Gasteiger partial charge on any atom is -0.326 e. The molecule has 146 valence electrons. The van der Waals surface area contributed by atoms with Gasteiger partial charge in [-0.2, -0.15) is 0 Å². The Kier molecular flexibility index (Phi) is 5.93. The summed E-state index contributed by atoms with van der Waals surface area (Å²) < 4.78 is 0. The molecule has 2 amide bonds. The molecule has 1 aliphatic rings. The minimum absolute atomic E-state index is 0.0339. The molecule has 1 fully saturated rings. The number of Topliss-reactive ketones (excluding diaryl/α,β-unsaturated/α-hetero) is 1. The molecule has 0 aliphatic carbocycles. The highest BCUT2D eigenvalue weighted by Gasteiger charge is 2.36. The molecule has 5 nitrogen and oxygen atoms in total. The Morgan fingerprint density at radius 1 is 1.18 bits per heavy atom. The van der Waals surface area contributed by atoms with Crippen LogP contribution in [0.3, 0.4) is 0 Å². The number of carbonyl (C=O) groups excluding carboxylic acids is 3. The van der Waals surface area contributed by atoms with Gasteiger partial charge in [0, 0.05) is 29.9 Å². The van der Waals surface area contributed by atoms with Crippen LogP contribution in [0.1, 0.15) is 55.5 Å². The number of rotatable bonds is 6. The molecule has 5 heteroatoms. The SMILES string of the molecule is CCC(C)c1ccccc1N1CC(C(=O)Nc2cccc(C(C)=O)c2)CC1=O. The van der Waals surface area contributed by atoms with Gasteiger partial charge in [0.2, 0.25) is 11.8 Å². The van der Waals surface area contributed by atoms with Gasteiger partial charge in [-0.3, -0.25) is 14.4 Å². The minimum atomic E-state index is -0.418. The summed E-state index contributed by atoms with van der Waals surface area (Å²) in [6.45, 7) is 6.12. The summed E-state index contributed by atoms with van der Waals surface area (Å²) in [7, 11) is 0. The Balaban J connectivity index is 1.75. The standard InChI is InChI=1S/C23H26N2O3/c1-4-15(2)20-10-5-6-11-21(20)25-14-18(13-22(25)27)23(28)24-19-9-7-8-17(12-19)16(3)26/h5-12,15,18H,4,13-14H2,1-3H3,(H,24,28). The van der Waals surface area contributed by atoms with Gasteiger partial charge < -0.3 is 10.2 Å². The van der Waals surface area contributed by atoms with Crippen LogP contribution in [0.15, 0.2) is 48.5 Å². The number of hydrogen-bond donors (Lipinski definition) is 1. The lowest BCUT2D eigenvalue weighted by molar-refractivity contribution is -0.122. The van der Waals surface area contributed by atoms with Crippen molar-refractivity contribution in [3.8, 4) is 0 Å². The van der Waals surface area contributed by atoms with Gasteiger partial charge in [-0.05, 0) is 43.0 Å². The van der Waals surface area contributed by atoms with Crippen LogP contribution in [-0.2, 0) is 9.59 Å². The number of para-hydroxylation sites is 1. The van der Waals surface area contributed by atoms with E-state index in [9.17, 15) is 14.4 Å². The first-order valence-corrected chi connectivity index (χ1v) is 9.71. The quantitative estimate of drug-likeness (QED) is 0.758. The van der Waals surface area contributed by atoms with Crippen molar-refractivity contribution >= 4 is 29.0 Å². The van der Waals surface area contributed by atoms with Gasteiger partial charge in [-0.25, -0.2) is 0 Å². The van der Waals surface area contributed by atoms with E-state index < -0.39 is 5.92 Å². The van der Waals surface area contributed by atoms with Crippen LogP contribution >= 0.6 is 0 Å². The molecule has 1 N–H and O–H groups in total. The second kappa shape index (κ2) is 8.38. The number of ketones is 1. The normalized spacial score (nSPS) is 17.5. The topological polar surface area (TPSA) is 66.5 Å². The number of anilines is 2. The third-order valence-electron chi connectivity index (χ3n) is 5.40. The summed E-state index contributed by atoms with van der Waals surface area (Å²) in [6, 6.07) is 14.8. The van der Waals surface area contributed by atoms with Crippen LogP contribution in [0.25, 0.3) is 0 Å². The maximum Gasteiger partial charge on any atom is 0.229 e. The third-order valence-corrected chi connectivity index (χ3v) is 5.40. The van der Waals surface area contributed by atoms with E-state index >= 15 is 0 Å². The Bertz CT molecular complexity index is 906. The van der Waals surface area contributed by atoms with Crippen molar-refractivity contribution in [1.82, 2.24) is 0 Å². The summed E-state index contributed by atoms with van der Waals surface area (Å²) >= 11 is 0. The van der Waals surface area contributed by atoms with E-state index in [-0.39, 0.29) is 24.0 Å². The lowest BCUT2D eigenvalue weighted by Crippen LogP contribution is -2.29. The molecule has 28 heavy (non-hydrogen) atoms. The fourth-order valence-electron chi connectivity index (χ4n) is 3.55. The summed E-state index contributed by atoms with van der Waals surface area (Å²) in [4.78, 5) is 38.6. The molecule has 2 atom stereocenters. The number of hydrogen-bond acceptors (Lipinski definition) is 3. The molecule has 2 aromatic rings. The van der Waals surface area contributed by atoms with Crippen molar-refractivity contribution in [1.29, 1.82) is 0 Å². The van der Waals surface area contributed by atoms with Crippen molar-refractivity contribution < 1.29 is 14.4 Å². The first kappa shape index (κ1) is 19.8. The van der Waals surface area contributed by atoms with Crippen molar-refractivity contribution in [2.24, 2.45) is 5.92 Å². The summed E-state index contributed by atoms with van der Waals surface area (Å²) in [5.41, 5.74) is 3.15. The van der Waals surface area contributed by atoms with Crippen molar-refractivity contribution in [2.75, 3.05) is 16.8 Å². The molecule has 3 rings (SSSR count). The summed E-state index contributed by atoms with van der Waals surface area (Å²) in [5, 5.41) is 2.85. The average Bonchev–Trinajstić information content (AvgIpc) is 3.09. The molecule has 0 aromatic heterocycles. The zero-order valence-corrected chi connectivity index (χ0v) is 16.6. The average molecular weight is 378 g/mol. The van der Waals surface area contributed by atoms with Gasteiger partial charge in [-0.1, -0.05) is 44.2 Å². The van der Waals surface area contributed by atoms with Crippen LogP contribution in [0.4, 0.5) is 11.4 Å². The van der Waals surface area contributed by atoms with Gasteiger partial charge >= 0.3 is 0 Å². The molecule has 0 spiro atoms. The number of benzene rings is 2. The zero-order chi connectivity index (χ0) is 20.3. The highest BCUT2D eigenvalue weighted by atomic mass is 16.2. The van der Waals surface area contributed by atoms with Gasteiger partial charge in [-0.15, -0.1) is 0 Å². The van der Waals surface area contributed by atoms with E-state index in [1.807, 2.05) is 18.2 Å². The second-order valence-electron chi connectivity index (χ2n) is 7.40. The molecular formula is C23H26N2O3. The van der Waals surface area contributed by atoms with Crippen LogP contribution in [0, 0.1) is 5.92 Å². The van der Waals surface area contributed by atoms with Crippen LogP contribution in [0.5, 0.6) is 0 Å². The van der Waals surface area contributed by atoms with E-state index in [1.54, 1.807) is 29.2 Å². The van der Waals surface area contributed by atoms with Crippen molar-refractivity contribution in [2.45, 2.75) is 39.5 Å². The fourth-order valence-corrected chi connectivity index (χ4v) is 3.55. The van der Waals surface area contributed by atoms with Crippen molar-refractivity contribution in [3.05, 3.63) is 59.7 Å². The predicted molar refractivity (Wildman–Crippen MR) is 111 cm³/mol.